The summed E-state index contributed by atoms with van der Waals surface area (Å²) in [5, 5.41) is 19.3. The van der Waals surface area contributed by atoms with Crippen molar-refractivity contribution in [2.45, 2.75) is 454 Å². The van der Waals surface area contributed by atoms with E-state index < -0.39 is 0 Å². The molecule has 780 valence electrons. The Morgan fingerprint density at radius 1 is 0.338 bits per heavy atom. The quantitative estimate of drug-likeness (QED) is 0.0197. The molecule has 0 bridgehead atoms. The Balaban J connectivity index is 0.000000266. The first-order valence-corrected chi connectivity index (χ1v) is 52.4. The molecule has 5 aromatic rings. The number of amides is 3. The molecule has 5 fully saturated rings. The van der Waals surface area contributed by atoms with Crippen LogP contribution in [0, 0.1) is 29.6 Å². The zero-order valence-electron chi connectivity index (χ0n) is 92.3. The number of carbonyl (C=O) groups excluding carboxylic acids is 5. The van der Waals surface area contributed by atoms with Gasteiger partial charge in [-0.2, -0.15) is 25.3 Å². The third-order valence-electron chi connectivity index (χ3n) is 33.5. The Hall–Kier alpha value is -8.07. The molecule has 10 rings (SSSR count). The number of benzene rings is 5. The predicted molar refractivity (Wildman–Crippen MR) is 561 cm³/mol. The molecular weight excluding hydrogens is 1750 g/mol. The zero-order chi connectivity index (χ0) is 104. The van der Waals surface area contributed by atoms with Crippen LogP contribution in [0.25, 0.3) is 0 Å². The van der Waals surface area contributed by atoms with Gasteiger partial charge in [-0.15, -0.1) is 0 Å². The van der Waals surface area contributed by atoms with Gasteiger partial charge < -0.3 is 39.6 Å². The Morgan fingerprint density at radius 2 is 0.547 bits per heavy atom. The van der Waals surface area contributed by atoms with Gasteiger partial charge in [-0.3, -0.25) is 24.2 Å². The van der Waals surface area contributed by atoms with E-state index in [0.717, 1.165) is 124 Å². The maximum atomic E-state index is 12.3. The van der Waals surface area contributed by atoms with Crippen LogP contribution in [0.5, 0.6) is 0 Å². The molecule has 5 aliphatic heterocycles. The van der Waals surface area contributed by atoms with Gasteiger partial charge in [0.05, 0.1) is 0 Å². The third kappa shape index (κ3) is 28.8. The number of hydroxylamine groups is 10. The lowest BCUT2D eigenvalue weighted by atomic mass is 9.69. The fourth-order valence-corrected chi connectivity index (χ4v) is 21.3. The van der Waals surface area contributed by atoms with Crippen molar-refractivity contribution in [3.05, 3.63) is 204 Å². The van der Waals surface area contributed by atoms with Crippen molar-refractivity contribution in [2.24, 2.45) is 29.6 Å². The number of alkyl carbamates (subject to hydrolysis) is 3. The minimum atomic E-state index is -0.365. The van der Waals surface area contributed by atoms with Gasteiger partial charge in [-0.25, -0.2) is 24.0 Å². The number of ether oxygens (including phenoxy) is 5. The van der Waals surface area contributed by atoms with Crippen molar-refractivity contribution in [1.82, 2.24) is 41.3 Å². The predicted octanol–water partition coefficient (Wildman–Crippen LogP) is 27.7. The van der Waals surface area contributed by atoms with Crippen LogP contribution in [0.3, 0.4) is 0 Å². The lowest BCUT2D eigenvalue weighted by Crippen LogP contribution is -2.68. The van der Waals surface area contributed by atoms with Gasteiger partial charge >= 0.3 is 30.2 Å². The molecule has 0 aliphatic carbocycles. The molecule has 3 amide bonds. The molecule has 25 atom stereocenters. The van der Waals surface area contributed by atoms with Crippen molar-refractivity contribution >= 4 is 30.2 Å². The summed E-state index contributed by atoms with van der Waals surface area (Å²) >= 11 is 0. The summed E-state index contributed by atoms with van der Waals surface area (Å²) in [6, 6.07) is 51.6. The van der Waals surface area contributed by atoms with E-state index in [0.29, 0.717) is 12.1 Å². The number of rotatable bonds is 34. The molecule has 5 aromatic carbocycles. The van der Waals surface area contributed by atoms with E-state index in [2.05, 4.69) is 323 Å². The van der Waals surface area contributed by atoms with E-state index in [1.54, 1.807) is 14.0 Å². The maximum Gasteiger partial charge on any atom is 0.407 e. The highest BCUT2D eigenvalue weighted by molar-refractivity contribution is 5.87. The number of hydrogen-bond acceptors (Lipinski definition) is 20. The summed E-state index contributed by atoms with van der Waals surface area (Å²) in [4.78, 5) is 93.6. The molecule has 5 heterocycles. The zero-order valence-corrected chi connectivity index (χ0v) is 92.3. The number of carbonyl (C=O) groups is 5. The van der Waals surface area contributed by atoms with E-state index in [1.165, 1.54) is 6.08 Å². The van der Waals surface area contributed by atoms with Gasteiger partial charge in [0.25, 0.3) is 0 Å². The van der Waals surface area contributed by atoms with Crippen molar-refractivity contribution in [3.8, 4) is 0 Å². The molecule has 5 saturated heterocycles. The van der Waals surface area contributed by atoms with Crippen LogP contribution in [-0.2, 0) is 57.5 Å². The lowest BCUT2D eigenvalue weighted by Gasteiger charge is -2.59. The standard InChI is InChI=1S/C24H40N2O3.C24H37NO3.C23H38N2O3.C23H35NO3.C22H36N2O3/c1-9-23(7)16-21(28-22(27)25-17(3)4)18(5)24(8,10-2)26(23)29-19(6)20-14-12-11-13-15-20;1-9-23(7)16-21(27-22(26)17(3)4)18(5)24(8,10-2)25(23)28-19(6)20-14-12-11-13-15-20;1-8-22(6)16-20(27-21(26)24-10-3)17(4)23(7,9-2)25(22)28-18(5)19-14-12-11-13-15-19;1-8-21(25)26-20-16-22(6,9-2)24(23(7,10-3)17(20)4)27-18(5)19-14-12-11-13-15-19;1-8-21(5)15-19(26-20(25)23-7)16(3)22(6,9-2)24(21)27-17(4)18-13-11-10-12-14-18/h11-15,17-19,21H,9-10,16H2,1-8H3,(H,25,27);11-15,18-19,21H,3,9-10,16H2,1-2,4-8H3;11-15,17-18,20H,8-10,16H2,1-7H3,(H,24,26);8,11-15,17-18,20H,1,9-10,16H2,2-7H3;10-14,16-17,19H,8-9,15H2,1-7H3,(H,23,25). The summed E-state index contributed by atoms with van der Waals surface area (Å²) < 4.78 is 29.1. The van der Waals surface area contributed by atoms with Crippen molar-refractivity contribution in [1.29, 1.82) is 0 Å². The van der Waals surface area contributed by atoms with Gasteiger partial charge in [-0.1, -0.05) is 269 Å². The van der Waals surface area contributed by atoms with Gasteiger partial charge in [0.2, 0.25) is 0 Å². The molecule has 0 saturated carbocycles. The van der Waals surface area contributed by atoms with Crippen molar-refractivity contribution in [3.63, 3.8) is 0 Å². The summed E-state index contributed by atoms with van der Waals surface area (Å²) in [5.41, 5.74) is 3.83. The molecular formula is C116H186N8O15. The average Bonchev–Trinajstić information content (AvgIpc) is 0.754. The van der Waals surface area contributed by atoms with Crippen LogP contribution in [-0.4, -0.2) is 161 Å². The smallest absolute Gasteiger partial charge is 0.407 e. The van der Waals surface area contributed by atoms with Gasteiger partial charge in [0, 0.05) is 148 Å². The van der Waals surface area contributed by atoms with E-state index >= 15 is 0 Å². The molecule has 0 spiro atoms. The van der Waals surface area contributed by atoms with Crippen LogP contribution in [0.4, 0.5) is 14.4 Å². The number of nitrogens with zero attached hydrogens (tertiary/aromatic N) is 5. The first kappa shape index (κ1) is 120. The Labute approximate surface area is 840 Å². The topological polar surface area (TPSA) is 230 Å². The number of nitrogens with one attached hydrogen (secondary N) is 3. The normalized spacial score (nSPS) is 32.1. The largest absolute Gasteiger partial charge is 0.459 e. The second-order valence-corrected chi connectivity index (χ2v) is 42.8. The van der Waals surface area contributed by atoms with Crippen LogP contribution in [0.15, 0.2) is 176 Å². The highest BCUT2D eigenvalue weighted by atomic mass is 16.7. The molecule has 0 aromatic heterocycles. The highest BCUT2D eigenvalue weighted by Gasteiger charge is 2.61. The SMILES string of the molecule is C=C(C)C(=O)OC1CC(C)(CC)N(OC(C)c2ccccc2)C(C)(CC)C1C.C=CC(=O)OC1CC(C)(CC)N(OC(C)c2ccccc2)C(C)(CC)C1C.CCC1(C)CC(OC(=O)NC(C)C)C(C)C(C)(CC)N1OC(C)c1ccccc1.CCC1(C)CC(OC(=O)NC)C(C)C(C)(CC)N1OC(C)c1ccccc1.CCNC(=O)OC1CC(C)(CC)N(OC(C)c2ccccc2)C(C)(CC)C1C. The second kappa shape index (κ2) is 52.4. The Morgan fingerprint density at radius 3 is 0.734 bits per heavy atom. The molecule has 3 N–H and O–H groups in total. The highest BCUT2D eigenvalue weighted by Crippen LogP contribution is 2.55. The van der Waals surface area contributed by atoms with Crippen LogP contribution in [0.1, 0.15) is 390 Å². The monoisotopic (exact) mass is 1930 g/mol. The first-order chi connectivity index (χ1) is 65.3. The lowest BCUT2D eigenvalue weighted by molar-refractivity contribution is -0.336. The third-order valence-corrected chi connectivity index (χ3v) is 33.5. The van der Waals surface area contributed by atoms with Crippen LogP contribution in [0.2, 0.25) is 0 Å². The molecule has 0 radical (unpaired) electrons. The Kier molecular flexibility index (Phi) is 45.1. The second-order valence-electron chi connectivity index (χ2n) is 42.8. The maximum absolute atomic E-state index is 12.3. The van der Waals surface area contributed by atoms with Gasteiger partial charge in [0.1, 0.15) is 61.0 Å². The minimum Gasteiger partial charge on any atom is -0.459 e. The van der Waals surface area contributed by atoms with E-state index in [-0.39, 0.29) is 182 Å². The molecule has 23 heteroatoms. The van der Waals surface area contributed by atoms with Crippen molar-refractivity contribution < 1.29 is 71.8 Å². The fourth-order valence-electron chi connectivity index (χ4n) is 21.3. The number of esters is 2. The summed E-state index contributed by atoms with van der Waals surface area (Å²) in [7, 11) is 1.60. The van der Waals surface area contributed by atoms with E-state index in [9.17, 15) is 24.0 Å². The molecule has 23 nitrogen and oxygen atoms in total. The summed E-state index contributed by atoms with van der Waals surface area (Å²) in [6.45, 7) is 80.7. The number of hydrogen-bond donors (Lipinski definition) is 3. The average molecular weight is 1930 g/mol. The summed E-state index contributed by atoms with van der Waals surface area (Å²) in [6.07, 6.45) is 11.9. The van der Waals surface area contributed by atoms with Gasteiger partial charge in [-0.05, 0) is 224 Å². The van der Waals surface area contributed by atoms with Crippen molar-refractivity contribution in [2.75, 3.05) is 13.6 Å². The Bertz CT molecular complexity index is 4580. The van der Waals surface area contributed by atoms with E-state index in [1.807, 2.05) is 112 Å². The molecule has 139 heavy (non-hydrogen) atoms. The minimum absolute atomic E-state index is 0.0495. The fraction of sp³-hybridized carbons (Fsp3) is 0.664. The number of piperidine rings is 5. The first-order valence-electron chi connectivity index (χ1n) is 52.4. The molecule has 25 unspecified atom stereocenters. The summed E-state index contributed by atoms with van der Waals surface area (Å²) in [5.74, 6) is 0.0204. The molecule has 5 aliphatic rings. The van der Waals surface area contributed by atoms with E-state index in [4.69, 9.17) is 47.9 Å². The van der Waals surface area contributed by atoms with Gasteiger partial charge in [0.15, 0.2) is 0 Å². The van der Waals surface area contributed by atoms with Crippen LogP contribution >= 0.6 is 0 Å². The van der Waals surface area contributed by atoms with Crippen LogP contribution < -0.4 is 16.0 Å².